The molecule has 6 rings (SSSR count). The number of anilines is 2. The van der Waals surface area contributed by atoms with E-state index in [1.54, 1.807) is 12.4 Å². The highest BCUT2D eigenvalue weighted by Crippen LogP contribution is 2.32. The molecule has 4 aliphatic rings. The van der Waals surface area contributed by atoms with Gasteiger partial charge >= 0.3 is 0 Å². The predicted molar refractivity (Wildman–Crippen MR) is 142 cm³/mol. The largest absolute Gasteiger partial charge is 0.488 e. The zero-order valence-corrected chi connectivity index (χ0v) is 21.8. The summed E-state index contributed by atoms with van der Waals surface area (Å²) in [6.07, 6.45) is 15.2. The number of nitrogens with zero attached hydrogens (tertiary/aromatic N) is 6. The predicted octanol–water partition coefficient (Wildman–Crippen LogP) is 3.28. The molecule has 8 nitrogen and oxygen atoms in total. The monoisotopic (exact) mass is 492 g/mol. The molecule has 194 valence electrons. The van der Waals surface area contributed by atoms with Gasteiger partial charge in [-0.2, -0.15) is 0 Å². The molecule has 0 radical (unpaired) electrons. The summed E-state index contributed by atoms with van der Waals surface area (Å²) in [5, 5.41) is 0. The molecule has 4 fully saturated rings. The van der Waals surface area contributed by atoms with Crippen LogP contribution >= 0.6 is 0 Å². The van der Waals surface area contributed by atoms with Gasteiger partial charge in [-0.05, 0) is 52.6 Å². The molecular formula is C28H40N6O2. The van der Waals surface area contributed by atoms with Crippen LogP contribution in [0.5, 0.6) is 11.5 Å². The van der Waals surface area contributed by atoms with E-state index in [0.717, 1.165) is 61.1 Å². The van der Waals surface area contributed by atoms with Crippen LogP contribution in [0.4, 0.5) is 11.4 Å². The van der Waals surface area contributed by atoms with Gasteiger partial charge in [-0.3, -0.25) is 19.8 Å². The molecular weight excluding hydrogens is 452 g/mol. The second-order valence-corrected chi connectivity index (χ2v) is 11.0. The Morgan fingerprint density at radius 3 is 1.56 bits per heavy atom. The van der Waals surface area contributed by atoms with Gasteiger partial charge < -0.3 is 19.3 Å². The Hall–Kier alpha value is -2.58. The average molecular weight is 493 g/mol. The zero-order chi connectivity index (χ0) is 24.5. The van der Waals surface area contributed by atoms with E-state index in [1.807, 2.05) is 12.4 Å². The summed E-state index contributed by atoms with van der Waals surface area (Å²) in [4.78, 5) is 19.0. The number of hydrogen-bond acceptors (Lipinski definition) is 8. The Labute approximate surface area is 215 Å². The lowest BCUT2D eigenvalue weighted by Gasteiger charge is -2.27. The van der Waals surface area contributed by atoms with Crippen LogP contribution in [-0.2, 0) is 0 Å². The summed E-state index contributed by atoms with van der Waals surface area (Å²) in [6.45, 7) is 5.25. The first kappa shape index (κ1) is 23.8. The number of pyridine rings is 2. The van der Waals surface area contributed by atoms with Crippen LogP contribution in [0.25, 0.3) is 0 Å². The standard InChI is InChI=1S/C28H40N6O2/c1-31-21-3-5-23(31)19-33(9-7-21)25-13-27(17-29-15-25)35-11-12-36-28-14-26(16-30-18-28)34-10-8-22-4-6-24(20-34)32(22)2/h13-18,21-24H,3-12,19-20H2,1-2H3. The topological polar surface area (TPSA) is 57.2 Å². The molecule has 8 heteroatoms. The molecule has 0 aromatic carbocycles. The van der Waals surface area contributed by atoms with Crippen LogP contribution < -0.4 is 19.3 Å². The molecule has 0 saturated carbocycles. The van der Waals surface area contributed by atoms with Crippen molar-refractivity contribution >= 4 is 11.4 Å². The lowest BCUT2D eigenvalue weighted by atomic mass is 10.1. The molecule has 6 heterocycles. The number of aromatic nitrogens is 2. The van der Waals surface area contributed by atoms with Crippen molar-refractivity contribution in [3.63, 3.8) is 0 Å². The minimum atomic E-state index is 0.473. The van der Waals surface area contributed by atoms with E-state index in [4.69, 9.17) is 9.47 Å². The number of ether oxygens (including phenoxy) is 2. The van der Waals surface area contributed by atoms with Gasteiger partial charge in [-0.15, -0.1) is 0 Å². The zero-order valence-electron chi connectivity index (χ0n) is 21.8. The third-order valence-corrected chi connectivity index (χ3v) is 9.05. The van der Waals surface area contributed by atoms with Crippen LogP contribution in [0.2, 0.25) is 0 Å². The highest BCUT2D eigenvalue weighted by molar-refractivity contribution is 5.49. The molecule has 4 unspecified atom stereocenters. The SMILES string of the molecule is CN1C2CCC1CN(c1cncc(OCCOc3cncc(N4CCC5CCC(C4)N5C)c3)c1)CC2. The van der Waals surface area contributed by atoms with Crippen molar-refractivity contribution in [2.45, 2.75) is 62.7 Å². The van der Waals surface area contributed by atoms with Crippen LogP contribution in [0.3, 0.4) is 0 Å². The highest BCUT2D eigenvalue weighted by Gasteiger charge is 2.35. The summed E-state index contributed by atoms with van der Waals surface area (Å²) in [6, 6.07) is 6.99. The fourth-order valence-corrected chi connectivity index (χ4v) is 6.72. The van der Waals surface area contributed by atoms with Gasteiger partial charge in [0.25, 0.3) is 0 Å². The third-order valence-electron chi connectivity index (χ3n) is 9.05. The minimum absolute atomic E-state index is 0.473. The number of likely N-dealkylation sites (N-methyl/N-ethyl adjacent to an activating group) is 2. The summed E-state index contributed by atoms with van der Waals surface area (Å²) in [5.74, 6) is 1.60. The smallest absolute Gasteiger partial charge is 0.139 e. The summed E-state index contributed by atoms with van der Waals surface area (Å²) in [5.41, 5.74) is 2.31. The maximum absolute atomic E-state index is 6.02. The molecule has 0 aliphatic carbocycles. The normalized spacial score (nSPS) is 28.7. The number of hydrogen-bond donors (Lipinski definition) is 0. The fourth-order valence-electron chi connectivity index (χ4n) is 6.72. The fraction of sp³-hybridized carbons (Fsp3) is 0.643. The first-order chi connectivity index (χ1) is 17.6. The van der Waals surface area contributed by atoms with Crippen molar-refractivity contribution in [1.29, 1.82) is 0 Å². The average Bonchev–Trinajstić information content (AvgIpc) is 3.28. The van der Waals surface area contributed by atoms with Gasteiger partial charge in [0.2, 0.25) is 0 Å². The molecule has 36 heavy (non-hydrogen) atoms. The van der Waals surface area contributed by atoms with Crippen LogP contribution in [0, 0.1) is 0 Å². The molecule has 4 aliphatic heterocycles. The van der Waals surface area contributed by atoms with Gasteiger partial charge in [0.15, 0.2) is 0 Å². The molecule has 0 amide bonds. The van der Waals surface area contributed by atoms with E-state index in [-0.39, 0.29) is 0 Å². The van der Waals surface area contributed by atoms with Gasteiger partial charge in [0.1, 0.15) is 24.7 Å². The van der Waals surface area contributed by atoms with E-state index in [1.165, 1.54) is 38.5 Å². The van der Waals surface area contributed by atoms with Crippen molar-refractivity contribution in [3.8, 4) is 11.5 Å². The maximum atomic E-state index is 6.02. The van der Waals surface area contributed by atoms with Crippen molar-refractivity contribution < 1.29 is 9.47 Å². The van der Waals surface area contributed by atoms with E-state index < -0.39 is 0 Å². The second kappa shape index (κ2) is 10.4. The Kier molecular flexibility index (Phi) is 6.89. The Morgan fingerprint density at radius 2 is 1.08 bits per heavy atom. The van der Waals surface area contributed by atoms with Crippen LogP contribution in [-0.4, -0.2) is 97.4 Å². The Bertz CT molecular complexity index is 955. The first-order valence-electron chi connectivity index (χ1n) is 13.7. The van der Waals surface area contributed by atoms with E-state index in [0.29, 0.717) is 25.3 Å². The Balaban J connectivity index is 1.01. The molecule has 0 N–H and O–H groups in total. The molecule has 2 aromatic heterocycles. The maximum Gasteiger partial charge on any atom is 0.139 e. The lowest BCUT2D eigenvalue weighted by molar-refractivity contribution is 0.216. The van der Waals surface area contributed by atoms with Gasteiger partial charge in [-0.25, -0.2) is 0 Å². The van der Waals surface area contributed by atoms with Gasteiger partial charge in [0.05, 0.1) is 36.2 Å². The molecule has 4 saturated heterocycles. The number of fused-ring (bicyclic) bond motifs is 4. The number of rotatable bonds is 7. The van der Waals surface area contributed by atoms with E-state index in [2.05, 4.69) is 55.8 Å². The molecule has 2 aromatic rings. The molecule has 4 atom stereocenters. The minimum Gasteiger partial charge on any atom is -0.488 e. The quantitative estimate of drug-likeness (QED) is 0.546. The van der Waals surface area contributed by atoms with Crippen molar-refractivity contribution in [2.24, 2.45) is 0 Å². The third kappa shape index (κ3) is 4.98. The van der Waals surface area contributed by atoms with Crippen LogP contribution in [0.15, 0.2) is 36.9 Å². The molecule has 4 bridgehead atoms. The van der Waals surface area contributed by atoms with E-state index in [9.17, 15) is 0 Å². The van der Waals surface area contributed by atoms with Crippen molar-refractivity contribution in [2.75, 3.05) is 63.3 Å². The van der Waals surface area contributed by atoms with Crippen LogP contribution in [0.1, 0.15) is 38.5 Å². The summed E-state index contributed by atoms with van der Waals surface area (Å²) in [7, 11) is 4.57. The Morgan fingerprint density at radius 1 is 0.639 bits per heavy atom. The summed E-state index contributed by atoms with van der Waals surface area (Å²) >= 11 is 0. The van der Waals surface area contributed by atoms with Gasteiger partial charge in [0, 0.05) is 62.5 Å². The molecule has 0 spiro atoms. The van der Waals surface area contributed by atoms with Crippen molar-refractivity contribution in [3.05, 3.63) is 36.9 Å². The summed E-state index contributed by atoms with van der Waals surface area (Å²) < 4.78 is 12.0. The second-order valence-electron chi connectivity index (χ2n) is 11.0. The first-order valence-corrected chi connectivity index (χ1v) is 13.7. The highest BCUT2D eigenvalue weighted by atomic mass is 16.5. The van der Waals surface area contributed by atoms with E-state index >= 15 is 0 Å². The lowest BCUT2D eigenvalue weighted by Crippen LogP contribution is -2.36. The van der Waals surface area contributed by atoms with Crippen molar-refractivity contribution in [1.82, 2.24) is 19.8 Å². The van der Waals surface area contributed by atoms with Gasteiger partial charge in [-0.1, -0.05) is 0 Å².